The first-order valence-corrected chi connectivity index (χ1v) is 4.29. The number of carbonyl (C=O) groups excluding carboxylic acids is 2. The molecule has 0 N–H and O–H groups in total. The maximum Gasteiger partial charge on any atom is 0.226 e. The van der Waals surface area contributed by atoms with E-state index in [2.05, 4.69) is 0 Å². The van der Waals surface area contributed by atoms with Crippen molar-refractivity contribution in [2.24, 2.45) is 11.8 Å². The van der Waals surface area contributed by atoms with Crippen LogP contribution in [0.2, 0.25) is 0 Å². The Kier molecular flexibility index (Phi) is 2.50. The van der Waals surface area contributed by atoms with Crippen molar-refractivity contribution in [1.82, 2.24) is 4.90 Å². The molecule has 68 valence electrons. The van der Waals surface area contributed by atoms with Crippen molar-refractivity contribution in [3.05, 3.63) is 0 Å². The quantitative estimate of drug-likeness (QED) is 0.610. The third kappa shape index (κ3) is 1.49. The van der Waals surface area contributed by atoms with Gasteiger partial charge in [-0.1, -0.05) is 6.92 Å². The lowest BCUT2D eigenvalue weighted by atomic mass is 9.90. The molecule has 2 atom stereocenters. The fraction of sp³-hybridized carbons (Fsp3) is 0.778. The molecule has 0 aromatic carbocycles. The minimum atomic E-state index is -0.109. The SMILES string of the molecule is CC(=O)C(C)C1CCN(C)C1=O. The predicted octanol–water partition coefficient (Wildman–Crippen LogP) is 0.690. The van der Waals surface area contributed by atoms with Gasteiger partial charge in [-0.05, 0) is 13.3 Å². The van der Waals surface area contributed by atoms with Crippen molar-refractivity contribution < 1.29 is 9.59 Å². The molecule has 0 radical (unpaired) electrons. The van der Waals surface area contributed by atoms with E-state index >= 15 is 0 Å². The highest BCUT2D eigenvalue weighted by atomic mass is 16.2. The Balaban J connectivity index is 2.65. The van der Waals surface area contributed by atoms with E-state index in [9.17, 15) is 9.59 Å². The van der Waals surface area contributed by atoms with Crippen LogP contribution in [-0.2, 0) is 9.59 Å². The fourth-order valence-electron chi connectivity index (χ4n) is 1.60. The number of Topliss-reactive ketones (excluding diaryl/α,β-unsaturated/α-hetero) is 1. The molecule has 0 aromatic heterocycles. The Labute approximate surface area is 72.7 Å². The largest absolute Gasteiger partial charge is 0.345 e. The zero-order valence-corrected chi connectivity index (χ0v) is 7.83. The number of amides is 1. The minimum Gasteiger partial charge on any atom is -0.345 e. The average molecular weight is 169 g/mol. The number of likely N-dealkylation sites (tertiary alicyclic amines) is 1. The molecule has 0 saturated carbocycles. The van der Waals surface area contributed by atoms with Crippen molar-refractivity contribution in [1.29, 1.82) is 0 Å². The van der Waals surface area contributed by atoms with Gasteiger partial charge in [-0.15, -0.1) is 0 Å². The van der Waals surface area contributed by atoms with Crippen LogP contribution in [0.25, 0.3) is 0 Å². The van der Waals surface area contributed by atoms with Crippen molar-refractivity contribution in [3.8, 4) is 0 Å². The molecular formula is C9H15NO2. The molecule has 0 aromatic rings. The zero-order chi connectivity index (χ0) is 9.30. The van der Waals surface area contributed by atoms with Gasteiger partial charge in [0.15, 0.2) is 0 Å². The summed E-state index contributed by atoms with van der Waals surface area (Å²) in [4.78, 5) is 24.1. The monoisotopic (exact) mass is 169 g/mol. The number of rotatable bonds is 2. The summed E-state index contributed by atoms with van der Waals surface area (Å²) in [6.45, 7) is 4.18. The lowest BCUT2D eigenvalue weighted by molar-refractivity contribution is -0.134. The summed E-state index contributed by atoms with van der Waals surface area (Å²) in [5, 5.41) is 0. The second-order valence-corrected chi connectivity index (χ2v) is 3.55. The van der Waals surface area contributed by atoms with Gasteiger partial charge < -0.3 is 4.90 Å². The van der Waals surface area contributed by atoms with Gasteiger partial charge in [0.05, 0.1) is 0 Å². The molecule has 3 nitrogen and oxygen atoms in total. The summed E-state index contributed by atoms with van der Waals surface area (Å²) in [5.74, 6) is 0.0660. The molecule has 1 rings (SSSR count). The van der Waals surface area contributed by atoms with Gasteiger partial charge in [-0.25, -0.2) is 0 Å². The number of hydrogen-bond donors (Lipinski definition) is 0. The third-order valence-corrected chi connectivity index (χ3v) is 2.71. The summed E-state index contributed by atoms with van der Waals surface area (Å²) in [6.07, 6.45) is 0.829. The van der Waals surface area contributed by atoms with Gasteiger partial charge in [-0.2, -0.15) is 0 Å². The zero-order valence-electron chi connectivity index (χ0n) is 7.83. The van der Waals surface area contributed by atoms with E-state index in [-0.39, 0.29) is 23.5 Å². The van der Waals surface area contributed by atoms with Crippen LogP contribution >= 0.6 is 0 Å². The highest BCUT2D eigenvalue weighted by molar-refractivity contribution is 5.88. The topological polar surface area (TPSA) is 37.4 Å². The smallest absolute Gasteiger partial charge is 0.226 e. The molecule has 3 heteroatoms. The minimum absolute atomic E-state index is 0.0625. The number of ketones is 1. The van der Waals surface area contributed by atoms with Gasteiger partial charge in [0.1, 0.15) is 5.78 Å². The first-order valence-electron chi connectivity index (χ1n) is 4.29. The molecule has 2 unspecified atom stereocenters. The van der Waals surface area contributed by atoms with Crippen molar-refractivity contribution in [2.75, 3.05) is 13.6 Å². The van der Waals surface area contributed by atoms with Crippen molar-refractivity contribution >= 4 is 11.7 Å². The third-order valence-electron chi connectivity index (χ3n) is 2.71. The molecule has 1 saturated heterocycles. The number of nitrogens with zero attached hydrogens (tertiary/aromatic N) is 1. The molecule has 1 aliphatic heterocycles. The van der Waals surface area contributed by atoms with E-state index in [0.717, 1.165) is 13.0 Å². The molecule has 12 heavy (non-hydrogen) atoms. The molecule has 0 spiro atoms. The van der Waals surface area contributed by atoms with E-state index in [1.807, 2.05) is 6.92 Å². The Morgan fingerprint density at radius 2 is 2.25 bits per heavy atom. The van der Waals surface area contributed by atoms with Crippen LogP contribution in [0.4, 0.5) is 0 Å². The molecule has 1 amide bonds. The van der Waals surface area contributed by atoms with Gasteiger partial charge in [0.25, 0.3) is 0 Å². The van der Waals surface area contributed by atoms with Crippen LogP contribution < -0.4 is 0 Å². The molecule has 1 heterocycles. The van der Waals surface area contributed by atoms with Gasteiger partial charge in [0, 0.05) is 25.4 Å². The molecule has 0 aliphatic carbocycles. The van der Waals surface area contributed by atoms with E-state index < -0.39 is 0 Å². The first-order chi connectivity index (χ1) is 5.54. The number of carbonyl (C=O) groups is 2. The van der Waals surface area contributed by atoms with Crippen LogP contribution in [0.3, 0.4) is 0 Å². The maximum atomic E-state index is 11.4. The Hall–Kier alpha value is -0.860. The Bertz CT molecular complexity index is 213. The van der Waals surface area contributed by atoms with Crippen molar-refractivity contribution in [2.45, 2.75) is 20.3 Å². The average Bonchev–Trinajstić information content (AvgIpc) is 2.32. The van der Waals surface area contributed by atoms with E-state index in [0.29, 0.717) is 0 Å². The molecule has 1 aliphatic rings. The second-order valence-electron chi connectivity index (χ2n) is 3.55. The van der Waals surface area contributed by atoms with Crippen LogP contribution in [0, 0.1) is 11.8 Å². The highest BCUT2D eigenvalue weighted by Gasteiger charge is 2.34. The first kappa shape index (κ1) is 9.23. The van der Waals surface area contributed by atoms with Crippen LogP contribution in [0.5, 0.6) is 0 Å². The summed E-state index contributed by atoms with van der Waals surface area (Å²) in [5.41, 5.74) is 0. The number of hydrogen-bond acceptors (Lipinski definition) is 2. The lowest BCUT2D eigenvalue weighted by Crippen LogP contribution is -2.28. The summed E-state index contributed by atoms with van der Waals surface area (Å²) in [7, 11) is 1.79. The maximum absolute atomic E-state index is 11.4. The molecular weight excluding hydrogens is 154 g/mol. The second kappa shape index (κ2) is 3.25. The normalized spacial score (nSPS) is 26.1. The fourth-order valence-corrected chi connectivity index (χ4v) is 1.60. The van der Waals surface area contributed by atoms with E-state index in [4.69, 9.17) is 0 Å². The Morgan fingerprint density at radius 1 is 1.67 bits per heavy atom. The van der Waals surface area contributed by atoms with Crippen LogP contribution in [-0.4, -0.2) is 30.2 Å². The van der Waals surface area contributed by atoms with Crippen LogP contribution in [0.1, 0.15) is 20.3 Å². The molecule has 1 fully saturated rings. The van der Waals surface area contributed by atoms with E-state index in [1.165, 1.54) is 0 Å². The van der Waals surface area contributed by atoms with Gasteiger partial charge in [-0.3, -0.25) is 9.59 Å². The highest BCUT2D eigenvalue weighted by Crippen LogP contribution is 2.24. The van der Waals surface area contributed by atoms with Gasteiger partial charge >= 0.3 is 0 Å². The van der Waals surface area contributed by atoms with E-state index in [1.54, 1.807) is 18.9 Å². The summed E-state index contributed by atoms with van der Waals surface area (Å²) >= 11 is 0. The lowest BCUT2D eigenvalue weighted by Gasteiger charge is -2.14. The van der Waals surface area contributed by atoms with Crippen molar-refractivity contribution in [3.63, 3.8) is 0 Å². The summed E-state index contributed by atoms with van der Waals surface area (Å²) in [6, 6.07) is 0. The molecule has 0 bridgehead atoms. The van der Waals surface area contributed by atoms with Crippen LogP contribution in [0.15, 0.2) is 0 Å². The predicted molar refractivity (Wildman–Crippen MR) is 45.6 cm³/mol. The standard InChI is InChI=1S/C9H15NO2/c1-6(7(2)11)8-4-5-10(3)9(8)12/h6,8H,4-5H2,1-3H3. The Morgan fingerprint density at radius 3 is 2.58 bits per heavy atom. The van der Waals surface area contributed by atoms with Gasteiger partial charge in [0.2, 0.25) is 5.91 Å². The summed E-state index contributed by atoms with van der Waals surface area (Å²) < 4.78 is 0.